The number of nitrogens with two attached hydrogens (primary N) is 1. The Kier molecular flexibility index (Phi) is 2.38. The van der Waals surface area contributed by atoms with Crippen LogP contribution in [0.4, 0.5) is 18.9 Å². The Balaban J connectivity index is 2.46. The summed E-state index contributed by atoms with van der Waals surface area (Å²) in [7, 11) is 0. The third-order valence-corrected chi connectivity index (χ3v) is 2.21. The van der Waals surface area contributed by atoms with Gasteiger partial charge in [0.1, 0.15) is 0 Å². The van der Waals surface area contributed by atoms with Gasteiger partial charge in [-0.3, -0.25) is 0 Å². The van der Waals surface area contributed by atoms with Crippen LogP contribution in [0.1, 0.15) is 5.56 Å². The molecule has 0 aliphatic rings. The summed E-state index contributed by atoms with van der Waals surface area (Å²) in [6.07, 6.45) is -1.51. The van der Waals surface area contributed by atoms with Gasteiger partial charge in [-0.05, 0) is 18.2 Å². The van der Waals surface area contributed by atoms with Crippen LogP contribution in [0.25, 0.3) is 11.1 Å². The van der Waals surface area contributed by atoms with Crippen LogP contribution < -0.4 is 5.73 Å². The Morgan fingerprint density at radius 3 is 2.38 bits per heavy atom. The SMILES string of the molecule is Nc1cc(C(F)(F)F)ccc1-c1ccoc1. The van der Waals surface area contributed by atoms with Crippen molar-refractivity contribution in [2.75, 3.05) is 5.73 Å². The van der Waals surface area contributed by atoms with Gasteiger partial charge in [0.2, 0.25) is 0 Å². The molecule has 2 nitrogen and oxygen atoms in total. The summed E-state index contributed by atoms with van der Waals surface area (Å²) in [5.74, 6) is 0. The molecule has 0 atom stereocenters. The van der Waals surface area contributed by atoms with E-state index in [1.807, 2.05) is 0 Å². The summed E-state index contributed by atoms with van der Waals surface area (Å²) in [5.41, 5.74) is 6.08. The predicted molar refractivity (Wildman–Crippen MR) is 53.6 cm³/mol. The number of furan rings is 1. The highest BCUT2D eigenvalue weighted by molar-refractivity contribution is 5.76. The van der Waals surface area contributed by atoms with Crippen molar-refractivity contribution >= 4 is 5.69 Å². The predicted octanol–water partition coefficient (Wildman–Crippen LogP) is 3.55. The fourth-order valence-electron chi connectivity index (χ4n) is 1.42. The number of halogens is 3. The zero-order chi connectivity index (χ0) is 11.8. The van der Waals surface area contributed by atoms with Crippen LogP contribution in [-0.4, -0.2) is 0 Å². The van der Waals surface area contributed by atoms with Crippen molar-refractivity contribution in [3.05, 3.63) is 42.4 Å². The molecule has 0 fully saturated rings. The van der Waals surface area contributed by atoms with Gasteiger partial charge in [0.25, 0.3) is 0 Å². The third kappa shape index (κ3) is 1.88. The Morgan fingerprint density at radius 1 is 1.12 bits per heavy atom. The first-order chi connectivity index (χ1) is 7.48. The molecule has 0 saturated heterocycles. The molecule has 0 radical (unpaired) electrons. The first-order valence-corrected chi connectivity index (χ1v) is 4.48. The molecular weight excluding hydrogens is 219 g/mol. The standard InChI is InChI=1S/C11H8F3NO/c12-11(13,14)8-1-2-9(10(15)5-8)7-3-4-16-6-7/h1-6H,15H2. The van der Waals surface area contributed by atoms with Gasteiger partial charge < -0.3 is 10.2 Å². The monoisotopic (exact) mass is 227 g/mol. The highest BCUT2D eigenvalue weighted by atomic mass is 19.4. The van der Waals surface area contributed by atoms with Gasteiger partial charge in [-0.15, -0.1) is 0 Å². The van der Waals surface area contributed by atoms with Gasteiger partial charge in [-0.2, -0.15) is 13.2 Å². The molecule has 0 aliphatic carbocycles. The lowest BCUT2D eigenvalue weighted by Crippen LogP contribution is -2.05. The van der Waals surface area contributed by atoms with E-state index in [1.165, 1.54) is 18.6 Å². The summed E-state index contributed by atoms with van der Waals surface area (Å²) < 4.78 is 41.9. The largest absolute Gasteiger partial charge is 0.472 e. The van der Waals surface area contributed by atoms with E-state index in [4.69, 9.17) is 10.2 Å². The van der Waals surface area contributed by atoms with E-state index in [-0.39, 0.29) is 5.69 Å². The lowest BCUT2D eigenvalue weighted by atomic mass is 10.0. The number of rotatable bonds is 1. The van der Waals surface area contributed by atoms with Crippen LogP contribution in [-0.2, 0) is 6.18 Å². The van der Waals surface area contributed by atoms with Crippen molar-refractivity contribution in [2.45, 2.75) is 6.18 Å². The summed E-state index contributed by atoms with van der Waals surface area (Å²) >= 11 is 0. The zero-order valence-electron chi connectivity index (χ0n) is 8.08. The number of hydrogen-bond donors (Lipinski definition) is 1. The molecule has 2 rings (SSSR count). The molecule has 1 aromatic carbocycles. The number of hydrogen-bond acceptors (Lipinski definition) is 2. The average molecular weight is 227 g/mol. The minimum atomic E-state index is -4.37. The van der Waals surface area contributed by atoms with E-state index in [1.54, 1.807) is 6.07 Å². The van der Waals surface area contributed by atoms with Gasteiger partial charge in [0, 0.05) is 16.8 Å². The van der Waals surface area contributed by atoms with E-state index < -0.39 is 11.7 Å². The van der Waals surface area contributed by atoms with E-state index in [0.717, 1.165) is 12.1 Å². The maximum atomic E-state index is 12.4. The van der Waals surface area contributed by atoms with Crippen molar-refractivity contribution < 1.29 is 17.6 Å². The minimum absolute atomic E-state index is 0.0798. The maximum absolute atomic E-state index is 12.4. The summed E-state index contributed by atoms with van der Waals surface area (Å²) in [4.78, 5) is 0. The molecule has 16 heavy (non-hydrogen) atoms. The normalized spacial score (nSPS) is 11.7. The van der Waals surface area contributed by atoms with E-state index in [2.05, 4.69) is 0 Å². The van der Waals surface area contributed by atoms with Crippen molar-refractivity contribution in [1.29, 1.82) is 0 Å². The van der Waals surface area contributed by atoms with Crippen LogP contribution >= 0.6 is 0 Å². The molecular formula is C11H8F3NO. The summed E-state index contributed by atoms with van der Waals surface area (Å²) in [6.45, 7) is 0. The number of nitrogen functional groups attached to an aromatic ring is 1. The van der Waals surface area contributed by atoms with Gasteiger partial charge in [0.05, 0.1) is 18.1 Å². The highest BCUT2D eigenvalue weighted by Crippen LogP contribution is 2.34. The number of benzene rings is 1. The fraction of sp³-hybridized carbons (Fsp3) is 0.0909. The van der Waals surface area contributed by atoms with Gasteiger partial charge >= 0.3 is 6.18 Å². The number of alkyl halides is 3. The van der Waals surface area contributed by atoms with Crippen molar-refractivity contribution in [1.82, 2.24) is 0 Å². The van der Waals surface area contributed by atoms with Crippen LogP contribution in [0.2, 0.25) is 0 Å². The smallest absolute Gasteiger partial charge is 0.416 e. The van der Waals surface area contributed by atoms with E-state index in [0.29, 0.717) is 11.1 Å². The van der Waals surface area contributed by atoms with Gasteiger partial charge in [-0.1, -0.05) is 6.07 Å². The minimum Gasteiger partial charge on any atom is -0.472 e. The average Bonchev–Trinajstić information content (AvgIpc) is 2.69. The topological polar surface area (TPSA) is 39.2 Å². The molecule has 0 amide bonds. The second kappa shape index (κ2) is 3.59. The van der Waals surface area contributed by atoms with Gasteiger partial charge in [-0.25, -0.2) is 0 Å². The molecule has 2 N–H and O–H groups in total. The summed E-state index contributed by atoms with van der Waals surface area (Å²) in [6, 6.07) is 4.89. The molecule has 0 bridgehead atoms. The molecule has 1 aromatic heterocycles. The molecule has 2 aromatic rings. The van der Waals surface area contributed by atoms with E-state index in [9.17, 15) is 13.2 Å². The second-order valence-corrected chi connectivity index (χ2v) is 3.31. The lowest BCUT2D eigenvalue weighted by molar-refractivity contribution is -0.137. The highest BCUT2D eigenvalue weighted by Gasteiger charge is 2.30. The Bertz CT molecular complexity index is 488. The molecule has 0 aliphatic heterocycles. The fourth-order valence-corrected chi connectivity index (χ4v) is 1.42. The van der Waals surface area contributed by atoms with Crippen LogP contribution in [0.5, 0.6) is 0 Å². The van der Waals surface area contributed by atoms with Crippen LogP contribution in [0, 0.1) is 0 Å². The van der Waals surface area contributed by atoms with Crippen LogP contribution in [0.15, 0.2) is 41.2 Å². The first-order valence-electron chi connectivity index (χ1n) is 4.48. The Morgan fingerprint density at radius 2 is 1.88 bits per heavy atom. The molecule has 5 heteroatoms. The van der Waals surface area contributed by atoms with Crippen molar-refractivity contribution in [3.8, 4) is 11.1 Å². The first kappa shape index (κ1) is 10.6. The molecule has 0 saturated carbocycles. The lowest BCUT2D eigenvalue weighted by Gasteiger charge is -2.09. The second-order valence-electron chi connectivity index (χ2n) is 3.31. The zero-order valence-corrected chi connectivity index (χ0v) is 8.08. The molecule has 0 spiro atoms. The maximum Gasteiger partial charge on any atom is 0.416 e. The molecule has 1 heterocycles. The third-order valence-electron chi connectivity index (χ3n) is 2.21. The van der Waals surface area contributed by atoms with E-state index >= 15 is 0 Å². The van der Waals surface area contributed by atoms with Crippen LogP contribution in [0.3, 0.4) is 0 Å². The molecule has 0 unspecified atom stereocenters. The summed E-state index contributed by atoms with van der Waals surface area (Å²) in [5, 5.41) is 0. The molecule has 84 valence electrons. The number of anilines is 1. The van der Waals surface area contributed by atoms with Crippen molar-refractivity contribution in [2.24, 2.45) is 0 Å². The quantitative estimate of drug-likeness (QED) is 0.756. The van der Waals surface area contributed by atoms with Gasteiger partial charge in [0.15, 0.2) is 0 Å². The Hall–Kier alpha value is -1.91. The Labute approximate surface area is 89.5 Å². The van der Waals surface area contributed by atoms with Crippen molar-refractivity contribution in [3.63, 3.8) is 0 Å².